The van der Waals surface area contributed by atoms with Gasteiger partial charge in [0, 0.05) is 42.9 Å². The highest BCUT2D eigenvalue weighted by molar-refractivity contribution is 6.11. The van der Waals surface area contributed by atoms with Gasteiger partial charge in [-0.1, -0.05) is 29.8 Å². The Kier molecular flexibility index (Phi) is 6.79. The highest BCUT2D eigenvalue weighted by Crippen LogP contribution is 2.21. The Morgan fingerprint density at radius 1 is 0.815 bits per heavy atom. The second-order valence-corrected chi connectivity index (χ2v) is 7.28. The summed E-state index contributed by atoms with van der Waals surface area (Å²) in [6.45, 7) is 9.27. The van der Waals surface area contributed by atoms with E-state index in [-0.39, 0.29) is 24.1 Å². The smallest absolute Gasteiger partial charge is 0.253 e. The first-order valence-electron chi connectivity index (χ1n) is 9.07. The van der Waals surface area contributed by atoms with Crippen molar-refractivity contribution in [3.05, 3.63) is 69.8 Å². The van der Waals surface area contributed by atoms with Crippen molar-refractivity contribution in [3.63, 3.8) is 0 Å². The molecule has 0 N–H and O–H groups in total. The van der Waals surface area contributed by atoms with Gasteiger partial charge in [0.25, 0.3) is 5.91 Å². The molecule has 0 unspecified atom stereocenters. The summed E-state index contributed by atoms with van der Waals surface area (Å²) in [6, 6.07) is 11.1. The van der Waals surface area contributed by atoms with E-state index in [1.54, 1.807) is 24.3 Å². The average molecular weight is 387 g/mol. The minimum Gasteiger partial charge on any atom is -0.336 e. The molecule has 5 heteroatoms. The van der Waals surface area contributed by atoms with Crippen molar-refractivity contribution in [2.75, 3.05) is 33.2 Å². The van der Waals surface area contributed by atoms with Crippen LogP contribution in [-0.4, -0.2) is 54.7 Å². The Morgan fingerprint density at radius 3 is 1.81 bits per heavy atom. The molecule has 0 radical (unpaired) electrons. The Bertz CT molecular complexity index is 815. The van der Waals surface area contributed by atoms with Crippen molar-refractivity contribution in [2.45, 2.75) is 20.8 Å². The number of rotatable bonds is 3. The zero-order chi connectivity index (χ0) is 18.8. The Balaban J connectivity index is 0.00000261. The molecule has 0 aromatic heterocycles. The number of nitrogens with zero attached hydrogens (tertiary/aromatic N) is 2. The number of aryl methyl sites for hydroxylation is 3. The number of carbonyl (C=O) groups is 2. The molecule has 144 valence electrons. The van der Waals surface area contributed by atoms with Crippen molar-refractivity contribution in [3.8, 4) is 0 Å². The van der Waals surface area contributed by atoms with E-state index in [4.69, 9.17) is 0 Å². The van der Waals surface area contributed by atoms with E-state index in [2.05, 4.69) is 11.9 Å². The molecule has 3 rings (SSSR count). The summed E-state index contributed by atoms with van der Waals surface area (Å²) in [6.07, 6.45) is 0. The number of hydrogen-bond donors (Lipinski definition) is 0. The van der Waals surface area contributed by atoms with Crippen LogP contribution < -0.4 is 0 Å². The fraction of sp³-hybridized carbons (Fsp3) is 0.364. The molecule has 0 saturated carbocycles. The highest BCUT2D eigenvalue weighted by Gasteiger charge is 2.21. The van der Waals surface area contributed by atoms with Gasteiger partial charge < -0.3 is 9.80 Å². The van der Waals surface area contributed by atoms with E-state index >= 15 is 0 Å². The first-order chi connectivity index (χ1) is 12.4. The molecule has 0 atom stereocenters. The summed E-state index contributed by atoms with van der Waals surface area (Å²) in [5, 5.41) is 0. The quantitative estimate of drug-likeness (QED) is 0.756. The number of ketones is 1. The molecule has 1 saturated heterocycles. The van der Waals surface area contributed by atoms with E-state index in [9.17, 15) is 9.59 Å². The van der Waals surface area contributed by atoms with E-state index in [1.165, 1.54) is 0 Å². The van der Waals surface area contributed by atoms with Crippen LogP contribution in [-0.2, 0) is 0 Å². The molecule has 1 amide bonds. The highest BCUT2D eigenvalue weighted by atomic mass is 35.5. The monoisotopic (exact) mass is 386 g/mol. The SMILES string of the molecule is Cc1cc(C)c(C(=O)c2ccc(C(=O)N3CCN(C)CC3)cc2)c(C)c1.Cl. The third kappa shape index (κ3) is 4.57. The molecule has 1 fully saturated rings. The van der Waals surface area contributed by atoms with Gasteiger partial charge in [0.2, 0.25) is 0 Å². The van der Waals surface area contributed by atoms with Gasteiger partial charge in [0.05, 0.1) is 0 Å². The minimum atomic E-state index is 0. The van der Waals surface area contributed by atoms with Crippen molar-refractivity contribution >= 4 is 24.1 Å². The second-order valence-electron chi connectivity index (χ2n) is 7.28. The summed E-state index contributed by atoms with van der Waals surface area (Å²) in [5.74, 6) is 0.0541. The second kappa shape index (κ2) is 8.68. The molecule has 1 heterocycles. The summed E-state index contributed by atoms with van der Waals surface area (Å²) >= 11 is 0. The molecule has 0 bridgehead atoms. The van der Waals surface area contributed by atoms with E-state index in [0.717, 1.165) is 48.4 Å². The topological polar surface area (TPSA) is 40.6 Å². The molecular weight excluding hydrogens is 360 g/mol. The van der Waals surface area contributed by atoms with E-state index in [0.29, 0.717) is 11.1 Å². The molecule has 27 heavy (non-hydrogen) atoms. The van der Waals surface area contributed by atoms with Crippen LogP contribution in [0, 0.1) is 20.8 Å². The number of halogens is 1. The minimum absolute atomic E-state index is 0. The van der Waals surface area contributed by atoms with Crippen LogP contribution in [0.15, 0.2) is 36.4 Å². The Labute approximate surface area is 167 Å². The number of likely N-dealkylation sites (N-methyl/N-ethyl adjacent to an activating group) is 1. The van der Waals surface area contributed by atoms with Crippen molar-refractivity contribution in [2.24, 2.45) is 0 Å². The molecule has 1 aliphatic rings. The van der Waals surface area contributed by atoms with Crippen molar-refractivity contribution in [1.29, 1.82) is 0 Å². The standard InChI is InChI=1S/C22H26N2O2.ClH/c1-15-13-16(2)20(17(3)14-15)21(25)18-5-7-19(8-6-18)22(26)24-11-9-23(4)10-12-24;/h5-8,13-14H,9-12H2,1-4H3;1H. The van der Waals surface area contributed by atoms with E-state index < -0.39 is 0 Å². The fourth-order valence-electron chi connectivity index (χ4n) is 3.64. The lowest BCUT2D eigenvalue weighted by molar-refractivity contribution is 0.0664. The summed E-state index contributed by atoms with van der Waals surface area (Å²) in [4.78, 5) is 29.6. The zero-order valence-electron chi connectivity index (χ0n) is 16.4. The van der Waals surface area contributed by atoms with Gasteiger partial charge in [-0.15, -0.1) is 12.4 Å². The van der Waals surface area contributed by atoms with Gasteiger partial charge in [-0.2, -0.15) is 0 Å². The summed E-state index contributed by atoms with van der Waals surface area (Å²) in [7, 11) is 2.07. The lowest BCUT2D eigenvalue weighted by atomic mass is 9.93. The molecule has 2 aromatic carbocycles. The van der Waals surface area contributed by atoms with Crippen LogP contribution in [0.2, 0.25) is 0 Å². The van der Waals surface area contributed by atoms with Crippen molar-refractivity contribution < 1.29 is 9.59 Å². The maximum absolute atomic E-state index is 12.9. The van der Waals surface area contributed by atoms with Crippen molar-refractivity contribution in [1.82, 2.24) is 9.80 Å². The molecule has 0 spiro atoms. The van der Waals surface area contributed by atoms with Crippen LogP contribution in [0.25, 0.3) is 0 Å². The van der Waals surface area contributed by atoms with E-state index in [1.807, 2.05) is 37.8 Å². The van der Waals surface area contributed by atoms with Crippen LogP contribution in [0.1, 0.15) is 43.0 Å². The maximum Gasteiger partial charge on any atom is 0.253 e. The Hall–Kier alpha value is -2.17. The largest absolute Gasteiger partial charge is 0.336 e. The first-order valence-corrected chi connectivity index (χ1v) is 9.07. The average Bonchev–Trinajstić information content (AvgIpc) is 2.61. The number of carbonyl (C=O) groups excluding carboxylic acids is 2. The Morgan fingerprint density at radius 2 is 1.30 bits per heavy atom. The number of benzene rings is 2. The maximum atomic E-state index is 12.9. The fourth-order valence-corrected chi connectivity index (χ4v) is 3.64. The third-order valence-corrected chi connectivity index (χ3v) is 5.09. The third-order valence-electron chi connectivity index (χ3n) is 5.09. The molecule has 4 nitrogen and oxygen atoms in total. The van der Waals surface area contributed by atoms with Gasteiger partial charge in [-0.3, -0.25) is 9.59 Å². The van der Waals surface area contributed by atoms with Crippen LogP contribution in [0.4, 0.5) is 0 Å². The zero-order valence-corrected chi connectivity index (χ0v) is 17.2. The van der Waals surface area contributed by atoms with Crippen LogP contribution >= 0.6 is 12.4 Å². The predicted octanol–water partition coefficient (Wildman–Crippen LogP) is 3.65. The summed E-state index contributed by atoms with van der Waals surface area (Å²) < 4.78 is 0. The van der Waals surface area contributed by atoms with Gasteiger partial charge in [-0.05, 0) is 51.1 Å². The predicted molar refractivity (Wildman–Crippen MR) is 111 cm³/mol. The molecular formula is C22H27ClN2O2. The number of piperazine rings is 1. The van der Waals surface area contributed by atoms with Crippen LogP contribution in [0.5, 0.6) is 0 Å². The molecule has 0 aliphatic carbocycles. The lowest BCUT2D eigenvalue weighted by Gasteiger charge is -2.32. The van der Waals surface area contributed by atoms with Gasteiger partial charge in [-0.25, -0.2) is 0 Å². The molecule has 1 aliphatic heterocycles. The number of hydrogen-bond acceptors (Lipinski definition) is 3. The van der Waals surface area contributed by atoms with Gasteiger partial charge in [0.15, 0.2) is 5.78 Å². The summed E-state index contributed by atoms with van der Waals surface area (Å²) in [5.41, 5.74) is 5.16. The van der Waals surface area contributed by atoms with Gasteiger partial charge in [0.1, 0.15) is 0 Å². The lowest BCUT2D eigenvalue weighted by Crippen LogP contribution is -2.47. The van der Waals surface area contributed by atoms with Gasteiger partial charge >= 0.3 is 0 Å². The number of amides is 1. The van der Waals surface area contributed by atoms with Crippen LogP contribution in [0.3, 0.4) is 0 Å². The normalized spacial score (nSPS) is 14.6. The first kappa shape index (κ1) is 21.1. The molecule has 2 aromatic rings.